The number of carbonyl (C=O) groups is 1. The SMILES string of the molecule is COc1ccc(OC)c(-c2cc(C(=O)N3CCN(S(=O)(=O)c4ccc(F)c(F)c4)CC3)no2)c1. The smallest absolute Gasteiger partial charge is 0.276 e. The largest absolute Gasteiger partial charge is 0.497 e. The molecule has 1 aliphatic heterocycles. The van der Waals surface area contributed by atoms with Gasteiger partial charge in [0.2, 0.25) is 10.0 Å². The zero-order valence-corrected chi connectivity index (χ0v) is 19.1. The minimum atomic E-state index is -4.03. The summed E-state index contributed by atoms with van der Waals surface area (Å²) in [5, 5.41) is 3.86. The van der Waals surface area contributed by atoms with Crippen molar-refractivity contribution >= 4 is 15.9 Å². The Kier molecular flexibility index (Phi) is 6.53. The number of nitrogens with zero attached hydrogens (tertiary/aromatic N) is 3. The van der Waals surface area contributed by atoms with Crippen molar-refractivity contribution in [3.05, 3.63) is 59.8 Å². The van der Waals surface area contributed by atoms with Crippen molar-refractivity contribution in [1.82, 2.24) is 14.4 Å². The Balaban J connectivity index is 1.47. The number of methoxy groups -OCH3 is 2. The summed E-state index contributed by atoms with van der Waals surface area (Å²) in [5.41, 5.74) is 0.604. The average molecular weight is 493 g/mol. The molecular weight excluding hydrogens is 472 g/mol. The Bertz CT molecular complexity index is 1320. The summed E-state index contributed by atoms with van der Waals surface area (Å²) < 4.78 is 69.2. The molecule has 1 amide bonds. The lowest BCUT2D eigenvalue weighted by Crippen LogP contribution is -2.50. The van der Waals surface area contributed by atoms with Gasteiger partial charge in [-0.25, -0.2) is 17.2 Å². The summed E-state index contributed by atoms with van der Waals surface area (Å²) in [5.74, 6) is -1.43. The van der Waals surface area contributed by atoms with E-state index in [9.17, 15) is 22.0 Å². The fourth-order valence-corrected chi connectivity index (χ4v) is 5.02. The number of hydrogen-bond acceptors (Lipinski definition) is 7. The van der Waals surface area contributed by atoms with E-state index in [2.05, 4.69) is 5.16 Å². The quantitative estimate of drug-likeness (QED) is 0.520. The highest BCUT2D eigenvalue weighted by Gasteiger charge is 2.32. The molecule has 2 heterocycles. The first-order valence-electron chi connectivity index (χ1n) is 10.2. The van der Waals surface area contributed by atoms with Gasteiger partial charge in [-0.3, -0.25) is 4.79 Å². The highest BCUT2D eigenvalue weighted by molar-refractivity contribution is 7.89. The molecule has 0 N–H and O–H groups in total. The van der Waals surface area contributed by atoms with E-state index in [4.69, 9.17) is 14.0 Å². The molecule has 0 spiro atoms. The Morgan fingerprint density at radius 3 is 2.35 bits per heavy atom. The Labute approximate surface area is 194 Å². The Hall–Kier alpha value is -3.51. The average Bonchev–Trinajstić information content (AvgIpc) is 3.35. The second-order valence-electron chi connectivity index (χ2n) is 7.41. The van der Waals surface area contributed by atoms with E-state index >= 15 is 0 Å². The van der Waals surface area contributed by atoms with Crippen LogP contribution < -0.4 is 9.47 Å². The van der Waals surface area contributed by atoms with Gasteiger partial charge in [0.25, 0.3) is 5.91 Å². The summed E-state index contributed by atoms with van der Waals surface area (Å²) >= 11 is 0. The second kappa shape index (κ2) is 9.39. The van der Waals surface area contributed by atoms with Crippen LogP contribution >= 0.6 is 0 Å². The number of ether oxygens (including phenoxy) is 2. The Morgan fingerprint density at radius 1 is 0.971 bits per heavy atom. The summed E-state index contributed by atoms with van der Waals surface area (Å²) in [7, 11) is -1.01. The van der Waals surface area contributed by atoms with Gasteiger partial charge >= 0.3 is 0 Å². The molecule has 1 saturated heterocycles. The zero-order valence-electron chi connectivity index (χ0n) is 18.3. The monoisotopic (exact) mass is 493 g/mol. The Morgan fingerprint density at radius 2 is 1.71 bits per heavy atom. The van der Waals surface area contributed by atoms with E-state index in [-0.39, 0.29) is 36.8 Å². The fourth-order valence-electron chi connectivity index (χ4n) is 3.59. The van der Waals surface area contributed by atoms with Gasteiger partial charge < -0.3 is 18.9 Å². The first-order chi connectivity index (χ1) is 16.2. The van der Waals surface area contributed by atoms with E-state index in [0.29, 0.717) is 28.9 Å². The van der Waals surface area contributed by atoms with Crippen LogP contribution in [0.3, 0.4) is 0 Å². The molecule has 0 aliphatic carbocycles. The molecule has 0 unspecified atom stereocenters. The summed E-state index contributed by atoms with van der Waals surface area (Å²) in [6.45, 7) is 0.155. The predicted octanol–water partition coefficient (Wildman–Crippen LogP) is 2.78. The third-order valence-electron chi connectivity index (χ3n) is 5.46. The number of amides is 1. The van der Waals surface area contributed by atoms with E-state index in [0.717, 1.165) is 16.4 Å². The van der Waals surface area contributed by atoms with E-state index < -0.39 is 27.6 Å². The third kappa shape index (κ3) is 4.46. The van der Waals surface area contributed by atoms with E-state index in [1.807, 2.05) is 0 Å². The minimum Gasteiger partial charge on any atom is -0.497 e. The fraction of sp³-hybridized carbons (Fsp3) is 0.273. The van der Waals surface area contributed by atoms with Crippen LogP contribution in [0.2, 0.25) is 0 Å². The third-order valence-corrected chi connectivity index (χ3v) is 7.35. The van der Waals surface area contributed by atoms with Crippen molar-refractivity contribution in [3.63, 3.8) is 0 Å². The van der Waals surface area contributed by atoms with Gasteiger partial charge in [-0.1, -0.05) is 5.16 Å². The number of halogens is 2. The van der Waals surface area contributed by atoms with Crippen LogP contribution in [0.4, 0.5) is 8.78 Å². The van der Waals surface area contributed by atoms with Crippen LogP contribution in [0.25, 0.3) is 11.3 Å². The molecule has 3 aromatic rings. The summed E-state index contributed by atoms with van der Waals surface area (Å²) in [6, 6.07) is 9.01. The van der Waals surface area contributed by atoms with Crippen molar-refractivity contribution < 1.29 is 36.0 Å². The maximum atomic E-state index is 13.5. The first kappa shape index (κ1) is 23.6. The number of piperazine rings is 1. The van der Waals surface area contributed by atoms with Crippen LogP contribution in [-0.4, -0.2) is 69.1 Å². The number of benzene rings is 2. The highest BCUT2D eigenvalue weighted by atomic mass is 32.2. The first-order valence-corrected chi connectivity index (χ1v) is 11.6. The number of hydrogen-bond donors (Lipinski definition) is 0. The van der Waals surface area contributed by atoms with Crippen LogP contribution in [0.1, 0.15) is 10.5 Å². The van der Waals surface area contributed by atoms with E-state index in [1.165, 1.54) is 25.2 Å². The normalized spacial score (nSPS) is 14.8. The highest BCUT2D eigenvalue weighted by Crippen LogP contribution is 2.34. The summed E-state index contributed by atoms with van der Waals surface area (Å²) in [6.07, 6.45) is 0. The van der Waals surface area contributed by atoms with Gasteiger partial charge in [-0.05, 0) is 36.4 Å². The predicted molar refractivity (Wildman–Crippen MR) is 116 cm³/mol. The topological polar surface area (TPSA) is 102 Å². The van der Waals surface area contributed by atoms with Gasteiger partial charge in [-0.2, -0.15) is 4.31 Å². The molecule has 1 aliphatic rings. The molecule has 180 valence electrons. The van der Waals surface area contributed by atoms with Crippen molar-refractivity contribution in [3.8, 4) is 22.8 Å². The number of aromatic nitrogens is 1. The van der Waals surface area contributed by atoms with Crippen LogP contribution in [0.5, 0.6) is 11.5 Å². The van der Waals surface area contributed by atoms with Crippen LogP contribution in [-0.2, 0) is 10.0 Å². The molecule has 0 saturated carbocycles. The van der Waals surface area contributed by atoms with Crippen molar-refractivity contribution in [2.24, 2.45) is 0 Å². The molecule has 2 aromatic carbocycles. The van der Waals surface area contributed by atoms with Gasteiger partial charge in [-0.15, -0.1) is 0 Å². The van der Waals surface area contributed by atoms with Crippen molar-refractivity contribution in [2.75, 3.05) is 40.4 Å². The maximum Gasteiger partial charge on any atom is 0.276 e. The van der Waals surface area contributed by atoms with Crippen LogP contribution in [0.15, 0.2) is 51.9 Å². The molecule has 0 atom stereocenters. The maximum absolute atomic E-state index is 13.5. The zero-order chi connectivity index (χ0) is 24.5. The van der Waals surface area contributed by atoms with Gasteiger partial charge in [0, 0.05) is 32.2 Å². The lowest BCUT2D eigenvalue weighted by molar-refractivity contribution is 0.0687. The van der Waals surface area contributed by atoms with Gasteiger partial charge in [0.15, 0.2) is 23.1 Å². The van der Waals surface area contributed by atoms with Crippen molar-refractivity contribution in [1.29, 1.82) is 0 Å². The minimum absolute atomic E-state index is 0.0124. The lowest BCUT2D eigenvalue weighted by Gasteiger charge is -2.33. The molecule has 0 bridgehead atoms. The molecule has 12 heteroatoms. The van der Waals surface area contributed by atoms with E-state index in [1.54, 1.807) is 18.2 Å². The van der Waals surface area contributed by atoms with Gasteiger partial charge in [0.05, 0.1) is 24.7 Å². The summed E-state index contributed by atoms with van der Waals surface area (Å²) in [4.78, 5) is 14.0. The number of sulfonamides is 1. The van der Waals surface area contributed by atoms with Gasteiger partial charge in [0.1, 0.15) is 11.5 Å². The molecule has 1 aromatic heterocycles. The number of carbonyl (C=O) groups excluding carboxylic acids is 1. The standard InChI is InChI=1S/C22H21F2N3O6S/c1-31-14-3-6-20(32-2)16(11-14)21-13-19(25-33-21)22(28)26-7-9-27(10-8-26)34(29,30)15-4-5-17(23)18(24)12-15/h3-6,11-13H,7-10H2,1-2H3. The van der Waals surface area contributed by atoms with Crippen LogP contribution in [0, 0.1) is 11.6 Å². The molecular formula is C22H21F2N3O6S. The molecule has 1 fully saturated rings. The number of rotatable bonds is 6. The molecule has 0 radical (unpaired) electrons. The lowest BCUT2D eigenvalue weighted by atomic mass is 10.1. The molecule has 9 nitrogen and oxygen atoms in total. The van der Waals surface area contributed by atoms with Crippen molar-refractivity contribution in [2.45, 2.75) is 4.90 Å². The molecule has 4 rings (SSSR count). The molecule has 34 heavy (non-hydrogen) atoms. The second-order valence-corrected chi connectivity index (χ2v) is 9.35.